The van der Waals surface area contributed by atoms with Gasteiger partial charge in [0.25, 0.3) is 0 Å². The van der Waals surface area contributed by atoms with Gasteiger partial charge in [0.15, 0.2) is 0 Å². The summed E-state index contributed by atoms with van der Waals surface area (Å²) < 4.78 is 11.8. The minimum absolute atomic E-state index is 0.0584. The molecule has 1 aliphatic carbocycles. The molecule has 1 aromatic carbocycles. The molecule has 0 saturated heterocycles. The predicted octanol–water partition coefficient (Wildman–Crippen LogP) is 2.07. The van der Waals surface area contributed by atoms with Gasteiger partial charge >= 0.3 is 110 Å². The first-order chi connectivity index (χ1) is 8.78. The molecular formula is C13H12N2O2Se. The number of phenolic OH excluding ortho intramolecular Hbond substituents is 1. The van der Waals surface area contributed by atoms with Crippen molar-refractivity contribution in [1.82, 2.24) is 9.19 Å². The Balaban J connectivity index is 1.97. The molecule has 0 radical (unpaired) electrons. The number of aromatic hydroxyl groups is 1. The predicted molar refractivity (Wildman–Crippen MR) is 66.8 cm³/mol. The van der Waals surface area contributed by atoms with E-state index >= 15 is 0 Å². The SMILES string of the molecule is Oc1ccc2c(c1)-c1nn[se]c1C1(CCCC1)O2. The van der Waals surface area contributed by atoms with E-state index in [0.717, 1.165) is 29.8 Å². The second kappa shape index (κ2) is 3.59. The topological polar surface area (TPSA) is 55.2 Å². The van der Waals surface area contributed by atoms with E-state index in [2.05, 4.69) is 9.19 Å². The first-order valence-electron chi connectivity index (χ1n) is 6.14. The van der Waals surface area contributed by atoms with Crippen LogP contribution >= 0.6 is 0 Å². The zero-order chi connectivity index (χ0) is 12.2. The average Bonchev–Trinajstić information content (AvgIpc) is 3.00. The van der Waals surface area contributed by atoms with Crippen LogP contribution < -0.4 is 4.74 Å². The van der Waals surface area contributed by atoms with E-state index in [1.807, 2.05) is 6.07 Å². The quantitative estimate of drug-likeness (QED) is 0.757. The molecule has 4 rings (SSSR count). The second-order valence-electron chi connectivity index (χ2n) is 4.93. The van der Waals surface area contributed by atoms with Gasteiger partial charge in [0.05, 0.1) is 0 Å². The summed E-state index contributed by atoms with van der Waals surface area (Å²) in [6.45, 7) is 0. The zero-order valence-corrected chi connectivity index (χ0v) is 11.4. The van der Waals surface area contributed by atoms with Gasteiger partial charge in [0, 0.05) is 0 Å². The zero-order valence-electron chi connectivity index (χ0n) is 9.72. The van der Waals surface area contributed by atoms with Crippen LogP contribution in [0.5, 0.6) is 11.5 Å². The van der Waals surface area contributed by atoms with Gasteiger partial charge < -0.3 is 0 Å². The number of ether oxygens (including phenoxy) is 1. The molecule has 5 heteroatoms. The Hall–Kier alpha value is -1.32. The summed E-state index contributed by atoms with van der Waals surface area (Å²) >= 11 is 0.0584. The van der Waals surface area contributed by atoms with Gasteiger partial charge in [-0.2, -0.15) is 0 Å². The van der Waals surface area contributed by atoms with Crippen molar-refractivity contribution in [2.24, 2.45) is 0 Å². The van der Waals surface area contributed by atoms with Gasteiger partial charge in [0.1, 0.15) is 0 Å². The summed E-state index contributed by atoms with van der Waals surface area (Å²) in [6, 6.07) is 5.24. The number of hydrogen-bond donors (Lipinski definition) is 1. The van der Waals surface area contributed by atoms with Crippen LogP contribution in [0, 0.1) is 0 Å². The fraction of sp³-hybridized carbons (Fsp3) is 0.385. The van der Waals surface area contributed by atoms with Gasteiger partial charge in [-0.25, -0.2) is 0 Å². The van der Waals surface area contributed by atoms with Gasteiger partial charge in [-0.3, -0.25) is 0 Å². The van der Waals surface area contributed by atoms with Crippen LogP contribution in [-0.2, 0) is 5.60 Å². The van der Waals surface area contributed by atoms with Gasteiger partial charge in [-0.05, 0) is 0 Å². The summed E-state index contributed by atoms with van der Waals surface area (Å²) in [4.78, 5) is 0. The van der Waals surface area contributed by atoms with Crippen molar-refractivity contribution in [2.75, 3.05) is 0 Å². The third-order valence-corrected chi connectivity index (χ3v) is 5.75. The Bertz CT molecular complexity index is 617. The number of benzene rings is 1. The summed E-state index contributed by atoms with van der Waals surface area (Å²) in [5, 5.41) is 13.9. The van der Waals surface area contributed by atoms with Crippen molar-refractivity contribution in [2.45, 2.75) is 31.3 Å². The fourth-order valence-electron chi connectivity index (χ4n) is 2.99. The molecule has 4 nitrogen and oxygen atoms in total. The molecule has 1 fully saturated rings. The molecule has 1 saturated carbocycles. The Morgan fingerprint density at radius 3 is 2.94 bits per heavy atom. The van der Waals surface area contributed by atoms with Crippen LogP contribution in [0.15, 0.2) is 18.2 Å². The molecule has 1 aliphatic heterocycles. The molecule has 18 heavy (non-hydrogen) atoms. The van der Waals surface area contributed by atoms with Crippen LogP contribution in [0.4, 0.5) is 0 Å². The van der Waals surface area contributed by atoms with E-state index in [0.29, 0.717) is 0 Å². The number of hydrogen-bond acceptors (Lipinski definition) is 4. The maximum atomic E-state index is 9.62. The summed E-state index contributed by atoms with van der Waals surface area (Å²) in [5.41, 5.74) is 1.70. The number of phenols is 1. The third-order valence-electron chi connectivity index (χ3n) is 3.84. The molecule has 2 aromatic rings. The number of fused-ring (bicyclic) bond motifs is 4. The minimum atomic E-state index is -0.150. The maximum absolute atomic E-state index is 9.62. The standard InChI is InChI=1S/C13H12N2O2Se/c16-8-3-4-10-9(7-8)11-12(18-15-14-11)13(17-10)5-1-2-6-13/h3-4,7,16H,1-2,5-6H2. The van der Waals surface area contributed by atoms with Gasteiger partial charge in [-0.15, -0.1) is 0 Å². The molecule has 92 valence electrons. The molecule has 1 aromatic heterocycles. The van der Waals surface area contributed by atoms with Crippen LogP contribution in [0.3, 0.4) is 0 Å². The first kappa shape index (κ1) is 10.6. The van der Waals surface area contributed by atoms with E-state index in [1.165, 1.54) is 17.3 Å². The normalized spacial score (nSPS) is 19.3. The van der Waals surface area contributed by atoms with E-state index in [9.17, 15) is 5.11 Å². The number of nitrogens with zero attached hydrogens (tertiary/aromatic N) is 2. The molecule has 1 N–H and O–H groups in total. The molecule has 0 unspecified atom stereocenters. The number of aromatic nitrogens is 2. The van der Waals surface area contributed by atoms with E-state index in [-0.39, 0.29) is 26.1 Å². The van der Waals surface area contributed by atoms with Crippen molar-refractivity contribution in [3.63, 3.8) is 0 Å². The fourth-order valence-corrected chi connectivity index (χ4v) is 4.78. The monoisotopic (exact) mass is 308 g/mol. The van der Waals surface area contributed by atoms with Gasteiger partial charge in [0.2, 0.25) is 0 Å². The van der Waals surface area contributed by atoms with Gasteiger partial charge in [-0.1, -0.05) is 0 Å². The van der Waals surface area contributed by atoms with Crippen LogP contribution in [0.1, 0.15) is 30.1 Å². The second-order valence-corrected chi connectivity index (χ2v) is 6.52. The van der Waals surface area contributed by atoms with Crippen molar-refractivity contribution in [3.05, 3.63) is 22.6 Å². The summed E-state index contributed by atoms with van der Waals surface area (Å²) in [5.74, 6) is 1.09. The Morgan fingerprint density at radius 1 is 1.28 bits per heavy atom. The average molecular weight is 307 g/mol. The summed E-state index contributed by atoms with van der Waals surface area (Å²) in [6.07, 6.45) is 4.55. The first-order valence-corrected chi connectivity index (χ1v) is 7.76. The molecule has 0 bridgehead atoms. The van der Waals surface area contributed by atoms with E-state index in [4.69, 9.17) is 4.74 Å². The molecule has 2 heterocycles. The third kappa shape index (κ3) is 1.32. The van der Waals surface area contributed by atoms with Crippen LogP contribution in [0.25, 0.3) is 11.3 Å². The molecule has 0 amide bonds. The van der Waals surface area contributed by atoms with E-state index < -0.39 is 0 Å². The Morgan fingerprint density at radius 2 is 2.11 bits per heavy atom. The summed E-state index contributed by atoms with van der Waals surface area (Å²) in [7, 11) is 0. The van der Waals surface area contributed by atoms with Crippen LogP contribution in [0.2, 0.25) is 0 Å². The molecule has 2 aliphatic rings. The molecular weight excluding hydrogens is 295 g/mol. The number of rotatable bonds is 0. The molecule has 1 spiro atoms. The van der Waals surface area contributed by atoms with Crippen LogP contribution in [-0.4, -0.2) is 29.0 Å². The van der Waals surface area contributed by atoms with E-state index in [1.54, 1.807) is 12.1 Å². The van der Waals surface area contributed by atoms with Crippen molar-refractivity contribution < 1.29 is 9.84 Å². The van der Waals surface area contributed by atoms with Crippen molar-refractivity contribution >= 4 is 14.7 Å². The van der Waals surface area contributed by atoms with Crippen molar-refractivity contribution in [1.29, 1.82) is 0 Å². The molecule has 0 atom stereocenters. The van der Waals surface area contributed by atoms with Crippen molar-refractivity contribution in [3.8, 4) is 22.8 Å². The Labute approximate surface area is 111 Å². The Kier molecular flexibility index (Phi) is 2.11.